The molecule has 12 heterocycles. The number of imidazole rings is 4. The number of rotatable bonds is 43. The minimum absolute atomic E-state index is 0.00568. The average Bonchev–Trinajstić information content (AvgIpc) is 1.61. The number of fused-ring (bicyclic) bond motifs is 4. The van der Waals surface area contributed by atoms with Crippen molar-refractivity contribution in [3.63, 3.8) is 0 Å². The topological polar surface area (TPSA) is 609 Å². The lowest BCUT2D eigenvalue weighted by molar-refractivity contribution is -0.149. The van der Waals surface area contributed by atoms with E-state index >= 15 is 17.6 Å². The Kier molecular flexibility index (Phi) is 40.4. The summed E-state index contributed by atoms with van der Waals surface area (Å²) in [6.45, 7) is 32.4. The third-order valence-corrected chi connectivity index (χ3v) is 32.8. The van der Waals surface area contributed by atoms with Gasteiger partial charge >= 0.3 is 23.9 Å². The molecular formula is C93H136F4N22O24P4S. The number of hydrogen-bond donors (Lipinski definition) is 8. The zero-order valence-electron chi connectivity index (χ0n) is 86.9. The fourth-order valence-electron chi connectivity index (χ4n) is 17.0. The van der Waals surface area contributed by atoms with Gasteiger partial charge in [0.05, 0.1) is 143 Å². The molecule has 4 aliphatic heterocycles. The zero-order valence-corrected chi connectivity index (χ0v) is 91.2. The van der Waals surface area contributed by atoms with Crippen molar-refractivity contribution in [3.8, 4) is 23.6 Å². The molecule has 8 aromatic heterocycles. The largest absolute Gasteiger partial charge is 0.494 e. The van der Waals surface area contributed by atoms with Crippen molar-refractivity contribution in [3.05, 3.63) is 104 Å². The number of pyridine rings is 4. The quantitative estimate of drug-likeness (QED) is 0.00761. The van der Waals surface area contributed by atoms with Crippen LogP contribution in [0.3, 0.4) is 0 Å². The van der Waals surface area contributed by atoms with Crippen LogP contribution in [0.2, 0.25) is 0 Å². The highest BCUT2D eigenvalue weighted by atomic mass is 32.2. The summed E-state index contributed by atoms with van der Waals surface area (Å²) >= 11 is 0. The molecule has 0 spiro atoms. The van der Waals surface area contributed by atoms with E-state index in [-0.39, 0.29) is 88.1 Å². The minimum atomic E-state index is -3.87. The van der Waals surface area contributed by atoms with Crippen LogP contribution in [0.1, 0.15) is 167 Å². The molecule has 148 heavy (non-hydrogen) atoms. The number of alkyl halides is 4. The lowest BCUT2D eigenvalue weighted by atomic mass is 9.78. The van der Waals surface area contributed by atoms with Gasteiger partial charge in [0.1, 0.15) is 57.7 Å². The van der Waals surface area contributed by atoms with Crippen LogP contribution in [0, 0.1) is 51.2 Å². The van der Waals surface area contributed by atoms with Crippen LogP contribution in [0.25, 0.3) is 44.7 Å². The Balaban J connectivity index is 0.000000203. The number of methoxy groups -OCH3 is 2. The predicted octanol–water partition coefficient (Wildman–Crippen LogP) is 12.8. The monoisotopic (exact) mass is 2180 g/mol. The van der Waals surface area contributed by atoms with E-state index < -0.39 is 184 Å². The minimum Gasteiger partial charge on any atom is -0.494 e. The molecule has 4 fully saturated rings. The van der Waals surface area contributed by atoms with Crippen LogP contribution in [0.4, 0.5) is 28.9 Å². The molecule has 0 saturated carbocycles. The summed E-state index contributed by atoms with van der Waals surface area (Å²) in [4.78, 5) is 82.7. The molecule has 9 aromatic rings. The molecule has 0 amide bonds. The summed E-state index contributed by atoms with van der Waals surface area (Å²) in [6, 6.07) is 13.3. The molecule has 8 unspecified atom stereocenters. The molecule has 1 aromatic carbocycles. The first-order valence-electron chi connectivity index (χ1n) is 47.6. The number of anilines is 2. The predicted molar refractivity (Wildman–Crippen MR) is 538 cm³/mol. The molecule has 4 aliphatic rings. The number of nitrogens with one attached hydrogen (secondary N) is 5. The number of esters is 4. The summed E-state index contributed by atoms with van der Waals surface area (Å²) in [5.74, 6) is -1.37. The van der Waals surface area contributed by atoms with Crippen molar-refractivity contribution in [1.82, 2.24) is 83.2 Å². The molecule has 24 atom stereocenters. The third kappa shape index (κ3) is 28.6. The Bertz CT molecular complexity index is 6530. The first-order valence-corrected chi connectivity index (χ1v) is 57.4. The highest BCUT2D eigenvalue weighted by molar-refractivity contribution is 7.89. The van der Waals surface area contributed by atoms with Gasteiger partial charge in [0.15, 0.2) is 72.2 Å². The van der Waals surface area contributed by atoms with Gasteiger partial charge in [-0.2, -0.15) is 10.5 Å². The second-order valence-corrected chi connectivity index (χ2v) is 49.5. The van der Waals surface area contributed by atoms with Crippen LogP contribution >= 0.6 is 30.1 Å². The van der Waals surface area contributed by atoms with E-state index in [0.717, 1.165) is 5.56 Å². The van der Waals surface area contributed by atoms with Crippen molar-refractivity contribution in [2.45, 2.75) is 271 Å². The SMILES string of the molecule is CC(C)OC(=O)[C@H](C)NP(C)(=O)OC[C@H]1O[C@@H](n2cnc3c(N)ccnc32)C(F)[C@@]1(C)CC#N.CC(C)OC(=O)[C@H](C)NP(C)(=O)OC[C@H]1O[C@@H](n2cnc3c(N)ccnc32)C(F)[C@@]1(C)CCN.COc1ccnc2c1ncn2[C@@H]1O[C@H](COP(C)(=O)N[C@@H](C)C(=O)OC(C)C)[C@](C)(CC#N)C1F.COc1ccnc2c1ncn2[C@@H]1O[C@H](COP(C)(=O)N[C@@H](C)C(=O)OC(C)C)[C@](C)(CCNS(=O)(=O)c2ccc(C)cc2)C1F. The maximum Gasteiger partial charge on any atom is 0.323 e. The zero-order chi connectivity index (χ0) is 110. The lowest BCUT2D eigenvalue weighted by Crippen LogP contribution is -2.41. The number of benzene rings is 1. The number of ether oxygens (including phenoxy) is 10. The molecule has 0 radical (unpaired) electrons. The number of nitrogens with zero attached hydrogens (tertiary/aromatic N) is 14. The Morgan fingerprint density at radius 3 is 0.973 bits per heavy atom. The summed E-state index contributed by atoms with van der Waals surface area (Å²) in [5, 5.41) is 29.3. The second kappa shape index (κ2) is 49.9. The van der Waals surface area contributed by atoms with Crippen LogP contribution in [-0.2, 0) is 103 Å². The summed E-state index contributed by atoms with van der Waals surface area (Å²) in [7, 11) is -15.0. The smallest absolute Gasteiger partial charge is 0.323 e. The van der Waals surface area contributed by atoms with Crippen molar-refractivity contribution in [2.24, 2.45) is 27.4 Å². The maximum absolute atomic E-state index is 16.6. The Morgan fingerprint density at radius 2 is 0.696 bits per heavy atom. The van der Waals surface area contributed by atoms with Crippen LogP contribution in [0.5, 0.6) is 11.5 Å². The van der Waals surface area contributed by atoms with Gasteiger partial charge < -0.3 is 82.7 Å². The van der Waals surface area contributed by atoms with Gasteiger partial charge in [0, 0.05) is 105 Å². The Hall–Kier alpha value is -10.2. The molecule has 55 heteroatoms. The average molecular weight is 2180 g/mol. The van der Waals surface area contributed by atoms with E-state index in [2.05, 4.69) is 64.9 Å². The van der Waals surface area contributed by atoms with Crippen LogP contribution in [0.15, 0.2) is 104 Å². The van der Waals surface area contributed by atoms with Gasteiger partial charge in [0.25, 0.3) is 30.1 Å². The third-order valence-electron chi connectivity index (χ3n) is 25.4. The molecular weight excluding hydrogens is 2040 g/mol. The van der Waals surface area contributed by atoms with Gasteiger partial charge in [-0.3, -0.25) is 55.7 Å². The van der Waals surface area contributed by atoms with Crippen molar-refractivity contribution in [1.29, 1.82) is 10.5 Å². The first-order chi connectivity index (χ1) is 69.3. The molecule has 13 rings (SSSR count). The lowest BCUT2D eigenvalue weighted by Gasteiger charge is -2.32. The molecule has 4 saturated heterocycles. The number of aromatic nitrogens is 12. The normalized spacial score (nSPS) is 26.3. The van der Waals surface area contributed by atoms with E-state index in [0.29, 0.717) is 74.0 Å². The van der Waals surface area contributed by atoms with E-state index in [1.54, 1.807) is 119 Å². The molecule has 46 nitrogen and oxygen atoms in total. The number of hydrogen-bond acceptors (Lipinski definition) is 37. The molecule has 816 valence electrons. The van der Waals surface area contributed by atoms with Crippen molar-refractivity contribution < 1.29 is 129 Å². The fraction of sp³-hybridized carbons (Fsp3) is 0.613. The summed E-state index contributed by atoms with van der Waals surface area (Å²) < 4.78 is 229. The Labute approximate surface area is 856 Å². The molecule has 0 aliphatic carbocycles. The fourth-order valence-corrected chi connectivity index (χ4v) is 23.2. The summed E-state index contributed by atoms with van der Waals surface area (Å²) in [5.41, 5.74) is 17.6. The highest BCUT2D eigenvalue weighted by Gasteiger charge is 2.60. The standard InChI is InChI=1S/C29H41FN5O8PS.C22H31FN5O6P.C21H34FN6O5P.C21H30FN6O5P/c1-18(2)42-28(36)20(4)34-44(7,37)41-16-23-29(5,13-15-33-45(38,39)21-10-8-19(3)9-11-21)25(30)27(43-23)35-17-32-24-22(40-6)12-14-31-26(24)35;1-13(2)33-21(29)14(3)27-35(6,30)32-11-16-22(4,8-9-24)18(23)20(34-16)28-12-26-17-15(31-5)7-10-25-19(17)28;2*1-12(2)32-20(29)13(3)27-34(5,30)31-10-15-21(4,7-8-23)17(22)19(33-15)28-11-26-16-14(24)6-9-25-18(16)28/h8-12,14,17-18,20,23,25,27,33H,13,15-16H2,1-7H3,(H,34,37);7,10,12-14,16,18,20H,8,11H2,1-6H3,(H,27,30);6,9,11-13,15,17,19H,7-8,10,23H2,1-5H3,(H2,24,25)(H,27,30);6,9,11-13,15,17,19H,7,10H2,1-5H3,(H2,24,25)(H,27,30)/t20-,23+,25?,27+,29-,44?;14-,16+,18?,20+,22-,35?;2*13-,15+,17?,19+,21-,34?/m0000/s1. The number of nitrogen functional groups attached to an aromatic ring is 2. The van der Waals surface area contributed by atoms with E-state index in [1.165, 1.54) is 149 Å². The van der Waals surface area contributed by atoms with Gasteiger partial charge in [-0.05, 0) is 134 Å². The van der Waals surface area contributed by atoms with E-state index in [9.17, 15) is 56.4 Å². The van der Waals surface area contributed by atoms with Crippen molar-refractivity contribution in [2.75, 3.05) is 91.9 Å². The molecule has 11 N–H and O–H groups in total. The van der Waals surface area contributed by atoms with Crippen LogP contribution < -0.4 is 51.7 Å². The van der Waals surface area contributed by atoms with E-state index in [1.807, 2.05) is 19.1 Å². The van der Waals surface area contributed by atoms with Crippen molar-refractivity contribution >= 4 is 120 Å². The number of nitrogens with two attached hydrogens (primary N) is 3. The highest BCUT2D eigenvalue weighted by Crippen LogP contribution is 2.56. The summed E-state index contributed by atoms with van der Waals surface area (Å²) in [6.07, 6.45) is -4.25. The number of halogens is 4. The van der Waals surface area contributed by atoms with E-state index in [4.69, 9.17) is 82.7 Å². The van der Waals surface area contributed by atoms with Crippen LogP contribution in [-0.4, -0.2) is 269 Å². The number of nitriles is 2. The van der Waals surface area contributed by atoms with Gasteiger partial charge in [-0.1, -0.05) is 45.4 Å². The van der Waals surface area contributed by atoms with Gasteiger partial charge in [-0.15, -0.1) is 0 Å². The maximum atomic E-state index is 16.6. The number of carbonyl (C=O) groups excluding carboxylic acids is 4. The Morgan fingerprint density at radius 1 is 0.432 bits per heavy atom. The van der Waals surface area contributed by atoms with Gasteiger partial charge in [-0.25, -0.2) is 90.9 Å². The number of carbonyl (C=O) groups is 4. The number of sulfonamides is 1. The molecule has 0 bridgehead atoms. The second-order valence-electron chi connectivity index (χ2n) is 38.9. The number of aryl methyl sites for hydroxylation is 1. The first kappa shape index (κ1) is 120. The van der Waals surface area contributed by atoms with Gasteiger partial charge in [0.2, 0.25) is 10.0 Å².